The molecule has 0 aromatic heterocycles. The minimum absolute atomic E-state index is 0.00708. The van der Waals surface area contributed by atoms with Gasteiger partial charge in [-0.05, 0) is 20.8 Å². The quantitative estimate of drug-likeness (QED) is 0.212. The first kappa shape index (κ1) is 28.5. The van der Waals surface area contributed by atoms with E-state index in [0.717, 1.165) is 0 Å². The highest BCUT2D eigenvalue weighted by Gasteiger charge is 2.21. The van der Waals surface area contributed by atoms with Crippen molar-refractivity contribution >= 4 is 33.9 Å². The molecule has 0 aliphatic rings. The average molecular weight is 465 g/mol. The van der Waals surface area contributed by atoms with Gasteiger partial charge in [-0.1, -0.05) is 12.7 Å². The molecule has 11 nitrogen and oxygen atoms in total. The van der Waals surface area contributed by atoms with Crippen molar-refractivity contribution in [3.05, 3.63) is 12.7 Å². The van der Waals surface area contributed by atoms with Gasteiger partial charge in [-0.25, -0.2) is 0 Å². The third-order valence-electron chi connectivity index (χ3n) is 3.55. The molecule has 0 aromatic rings. The topological polar surface area (TPSA) is 156 Å². The molecule has 0 heterocycles. The number of nitrogens with one attached hydrogen (secondary N) is 1. The normalized spacial score (nSPS) is 11.4. The van der Waals surface area contributed by atoms with Gasteiger partial charge in [0.1, 0.15) is 12.2 Å². The second-order valence-electron chi connectivity index (χ2n) is 7.57. The van der Waals surface area contributed by atoms with Gasteiger partial charge in [0, 0.05) is 32.5 Å². The van der Waals surface area contributed by atoms with E-state index in [9.17, 15) is 27.6 Å². The van der Waals surface area contributed by atoms with Crippen molar-refractivity contribution < 1.29 is 41.6 Å². The summed E-state index contributed by atoms with van der Waals surface area (Å²) in [7, 11) is -4.20. The molecule has 0 saturated carbocycles. The van der Waals surface area contributed by atoms with Crippen LogP contribution in [0.4, 0.5) is 0 Å². The van der Waals surface area contributed by atoms with Crippen molar-refractivity contribution in [3.63, 3.8) is 0 Å². The summed E-state index contributed by atoms with van der Waals surface area (Å²) in [6.45, 7) is 8.30. The van der Waals surface area contributed by atoms with Crippen molar-refractivity contribution in [1.29, 1.82) is 0 Å². The van der Waals surface area contributed by atoms with E-state index < -0.39 is 45.2 Å². The van der Waals surface area contributed by atoms with Gasteiger partial charge >= 0.3 is 11.9 Å². The van der Waals surface area contributed by atoms with Crippen LogP contribution < -0.4 is 5.32 Å². The largest absolute Gasteiger partial charge is 0.461 e. The maximum Gasteiger partial charge on any atom is 0.308 e. The van der Waals surface area contributed by atoms with E-state index in [1.54, 1.807) is 20.8 Å². The summed E-state index contributed by atoms with van der Waals surface area (Å²) >= 11 is 0. The Bertz CT molecular complexity index is 742. The van der Waals surface area contributed by atoms with Gasteiger partial charge in [-0.3, -0.25) is 23.7 Å². The number of hydrogen-bond acceptors (Lipinski definition) is 8. The van der Waals surface area contributed by atoms with Crippen LogP contribution in [0.5, 0.6) is 0 Å². The molecule has 0 rings (SSSR count). The number of nitrogens with zero attached hydrogens (tertiary/aromatic N) is 1. The van der Waals surface area contributed by atoms with Crippen molar-refractivity contribution in [2.24, 2.45) is 0 Å². The first-order chi connectivity index (χ1) is 14.2. The van der Waals surface area contributed by atoms with Crippen molar-refractivity contribution in [3.8, 4) is 0 Å². The molecule has 0 saturated heterocycles. The van der Waals surface area contributed by atoms with E-state index in [0.29, 0.717) is 0 Å². The molecule has 178 valence electrons. The van der Waals surface area contributed by atoms with Gasteiger partial charge in [-0.2, -0.15) is 8.42 Å². The summed E-state index contributed by atoms with van der Waals surface area (Å²) in [6, 6.07) is 0. The van der Waals surface area contributed by atoms with E-state index >= 15 is 0 Å². The van der Waals surface area contributed by atoms with Gasteiger partial charge in [-0.15, -0.1) is 0 Å². The Morgan fingerprint density at radius 2 is 1.61 bits per heavy atom. The minimum Gasteiger partial charge on any atom is -0.461 e. The molecule has 0 radical (unpaired) electrons. The van der Waals surface area contributed by atoms with Crippen LogP contribution in [-0.4, -0.2) is 79.2 Å². The molecule has 0 spiro atoms. The van der Waals surface area contributed by atoms with Gasteiger partial charge in [0.25, 0.3) is 10.1 Å². The molecule has 0 atom stereocenters. The molecule has 2 amide bonds. The van der Waals surface area contributed by atoms with Crippen molar-refractivity contribution in [2.75, 3.05) is 32.0 Å². The lowest BCUT2D eigenvalue weighted by Crippen LogP contribution is -2.37. The van der Waals surface area contributed by atoms with Crippen LogP contribution in [0.15, 0.2) is 12.7 Å². The Morgan fingerprint density at radius 3 is 2.13 bits per heavy atom. The van der Waals surface area contributed by atoms with Gasteiger partial charge in [0.15, 0.2) is 0 Å². The fourth-order valence-corrected chi connectivity index (χ4v) is 2.58. The smallest absolute Gasteiger partial charge is 0.308 e. The molecule has 0 bridgehead atoms. The van der Waals surface area contributed by atoms with Crippen molar-refractivity contribution in [2.45, 2.75) is 52.1 Å². The maximum atomic E-state index is 12.5. The number of rotatable bonds is 14. The Labute approximate surface area is 182 Å². The highest BCUT2D eigenvalue weighted by atomic mass is 32.2. The second kappa shape index (κ2) is 13.8. The Hall–Kier alpha value is -2.47. The molecule has 0 aromatic carbocycles. The molecule has 0 unspecified atom stereocenters. The zero-order chi connectivity index (χ0) is 24.1. The van der Waals surface area contributed by atoms with Crippen LogP contribution in [-0.2, 0) is 38.8 Å². The molecule has 0 aliphatic heterocycles. The van der Waals surface area contributed by atoms with Crippen LogP contribution in [0.3, 0.4) is 0 Å². The monoisotopic (exact) mass is 464 g/mol. The van der Waals surface area contributed by atoms with E-state index in [1.807, 2.05) is 0 Å². The third kappa shape index (κ3) is 17.0. The van der Waals surface area contributed by atoms with E-state index in [4.69, 9.17) is 14.0 Å². The summed E-state index contributed by atoms with van der Waals surface area (Å²) in [4.78, 5) is 49.1. The first-order valence-corrected chi connectivity index (χ1v) is 11.3. The third-order valence-corrected chi connectivity index (χ3v) is 4.27. The predicted octanol–water partition coefficient (Wildman–Crippen LogP) is 0.450. The maximum absolute atomic E-state index is 12.5. The zero-order valence-electron chi connectivity index (χ0n) is 18.2. The lowest BCUT2D eigenvalue weighted by atomic mass is 10.2. The van der Waals surface area contributed by atoms with Gasteiger partial charge < -0.3 is 19.7 Å². The standard InChI is InChI=1S/C19H32N2O9S/c1-5-13-29-17(24)8-11-21(12-9-18(25)30-19(2,3)4)16(23)7-6-15(22)20-10-14-31(26,27)28/h5H,1,6-14H2,2-4H3,(H,20,22)(H,26,27,28). The molecule has 0 fully saturated rings. The van der Waals surface area contributed by atoms with E-state index in [-0.39, 0.29) is 51.9 Å². The number of carbonyl (C=O) groups excluding carboxylic acids is 4. The molecule has 12 heteroatoms. The number of hydrogen-bond donors (Lipinski definition) is 2. The number of ether oxygens (including phenoxy) is 2. The molecular weight excluding hydrogens is 432 g/mol. The highest BCUT2D eigenvalue weighted by molar-refractivity contribution is 7.85. The molecule has 2 N–H and O–H groups in total. The lowest BCUT2D eigenvalue weighted by molar-refractivity contribution is -0.155. The minimum atomic E-state index is -4.20. The zero-order valence-corrected chi connectivity index (χ0v) is 19.0. The van der Waals surface area contributed by atoms with Gasteiger partial charge in [0.05, 0.1) is 18.6 Å². The number of amides is 2. The number of carbonyl (C=O) groups is 4. The summed E-state index contributed by atoms with van der Waals surface area (Å²) in [5, 5.41) is 2.28. The Balaban J connectivity index is 4.74. The molecular formula is C19H32N2O9S. The fraction of sp³-hybridized carbons (Fsp3) is 0.684. The van der Waals surface area contributed by atoms with Crippen LogP contribution in [0.25, 0.3) is 0 Å². The predicted molar refractivity (Wildman–Crippen MR) is 111 cm³/mol. The van der Waals surface area contributed by atoms with Crippen LogP contribution in [0, 0.1) is 0 Å². The lowest BCUT2D eigenvalue weighted by Gasteiger charge is -2.24. The summed E-state index contributed by atoms with van der Waals surface area (Å²) in [5.41, 5.74) is -0.680. The van der Waals surface area contributed by atoms with Gasteiger partial charge in [0.2, 0.25) is 11.8 Å². The van der Waals surface area contributed by atoms with Crippen molar-refractivity contribution in [1.82, 2.24) is 10.2 Å². The Morgan fingerprint density at radius 1 is 1.03 bits per heavy atom. The first-order valence-electron chi connectivity index (χ1n) is 9.71. The summed E-state index contributed by atoms with van der Waals surface area (Å²) in [5.74, 6) is -2.73. The molecule has 31 heavy (non-hydrogen) atoms. The SMILES string of the molecule is C=CCOC(=O)CCN(CCC(=O)OC(C)(C)C)C(=O)CCC(=O)NCCS(=O)(=O)O. The second-order valence-corrected chi connectivity index (χ2v) is 9.15. The van der Waals surface area contributed by atoms with Crippen LogP contribution in [0.1, 0.15) is 46.5 Å². The number of esters is 2. The van der Waals surface area contributed by atoms with Crippen LogP contribution >= 0.6 is 0 Å². The van der Waals surface area contributed by atoms with E-state index in [2.05, 4.69) is 11.9 Å². The highest BCUT2D eigenvalue weighted by Crippen LogP contribution is 2.09. The fourth-order valence-electron chi connectivity index (χ4n) is 2.22. The average Bonchev–Trinajstić information content (AvgIpc) is 2.61. The summed E-state index contributed by atoms with van der Waals surface area (Å²) in [6.07, 6.45) is 0.769. The Kier molecular flexibility index (Phi) is 12.7. The molecule has 0 aliphatic carbocycles. The summed E-state index contributed by atoms with van der Waals surface area (Å²) < 4.78 is 40.0. The van der Waals surface area contributed by atoms with Crippen LogP contribution in [0.2, 0.25) is 0 Å². The van der Waals surface area contributed by atoms with E-state index in [1.165, 1.54) is 11.0 Å².